The minimum Gasteiger partial charge on any atom is -0.493 e. The molecule has 0 atom stereocenters. The first-order valence-corrected chi connectivity index (χ1v) is 11.0. The number of aromatic carboxylic acids is 1. The molecule has 0 bridgehead atoms. The van der Waals surface area contributed by atoms with Gasteiger partial charge in [-0.15, -0.1) is 11.3 Å². The second-order valence-electron chi connectivity index (χ2n) is 7.17. The van der Waals surface area contributed by atoms with Crippen molar-refractivity contribution in [2.45, 2.75) is 6.92 Å². The number of aromatic nitrogens is 2. The number of thiophene rings is 1. The molecule has 8 nitrogen and oxygen atoms in total. The van der Waals surface area contributed by atoms with E-state index in [0.717, 1.165) is 15.8 Å². The van der Waals surface area contributed by atoms with Crippen molar-refractivity contribution in [2.24, 2.45) is 0 Å². The molecule has 0 fully saturated rings. The molecule has 0 unspecified atom stereocenters. The number of nitrogens with zero attached hydrogens (tertiary/aromatic N) is 2. The second-order valence-corrected chi connectivity index (χ2v) is 8.05. The molecular weight excluding hydrogens is 454 g/mol. The molecule has 172 valence electrons. The summed E-state index contributed by atoms with van der Waals surface area (Å²) in [5.74, 6) is 7.37. The Morgan fingerprint density at radius 2 is 1.71 bits per heavy atom. The van der Waals surface area contributed by atoms with Crippen LogP contribution in [-0.4, -0.2) is 42.4 Å². The summed E-state index contributed by atoms with van der Waals surface area (Å²) < 4.78 is 17.1. The third-order valence-electron chi connectivity index (χ3n) is 5.10. The second kappa shape index (κ2) is 9.68. The lowest BCUT2D eigenvalue weighted by molar-refractivity contribution is 0.0697. The van der Waals surface area contributed by atoms with E-state index >= 15 is 0 Å². The number of methoxy groups -OCH3 is 3. The van der Waals surface area contributed by atoms with Gasteiger partial charge in [0.15, 0.2) is 17.3 Å². The van der Waals surface area contributed by atoms with Crippen LogP contribution in [0.15, 0.2) is 42.0 Å². The fourth-order valence-corrected chi connectivity index (χ4v) is 4.24. The highest BCUT2D eigenvalue weighted by Crippen LogP contribution is 2.41. The van der Waals surface area contributed by atoms with Crippen molar-refractivity contribution < 1.29 is 24.1 Å². The molecule has 2 N–H and O–H groups in total. The van der Waals surface area contributed by atoms with Gasteiger partial charge in [0.05, 0.1) is 37.2 Å². The van der Waals surface area contributed by atoms with Gasteiger partial charge in [-0.05, 0) is 24.6 Å². The highest BCUT2D eigenvalue weighted by atomic mass is 32.1. The van der Waals surface area contributed by atoms with E-state index in [-0.39, 0.29) is 5.56 Å². The summed E-state index contributed by atoms with van der Waals surface area (Å²) in [6.07, 6.45) is 1.47. The molecule has 0 saturated carbocycles. The maximum Gasteiger partial charge on any atom is 0.335 e. The van der Waals surface area contributed by atoms with Gasteiger partial charge in [-0.1, -0.05) is 17.9 Å². The summed E-state index contributed by atoms with van der Waals surface area (Å²) >= 11 is 1.46. The third-order valence-corrected chi connectivity index (χ3v) is 6.07. The topological polar surface area (TPSA) is 103 Å². The van der Waals surface area contributed by atoms with Crippen LogP contribution in [0.3, 0.4) is 0 Å². The van der Waals surface area contributed by atoms with Crippen LogP contribution < -0.4 is 19.5 Å². The number of ether oxygens (including phenoxy) is 3. The summed E-state index contributed by atoms with van der Waals surface area (Å²) in [6, 6.07) is 8.48. The maximum atomic E-state index is 11.3. The lowest BCUT2D eigenvalue weighted by Crippen LogP contribution is -1.99. The van der Waals surface area contributed by atoms with Crippen molar-refractivity contribution in [1.29, 1.82) is 0 Å². The third kappa shape index (κ3) is 4.44. The van der Waals surface area contributed by atoms with Crippen molar-refractivity contribution in [3.05, 3.63) is 64.3 Å². The van der Waals surface area contributed by atoms with Crippen LogP contribution in [0.25, 0.3) is 10.2 Å². The van der Waals surface area contributed by atoms with E-state index in [1.54, 1.807) is 51.7 Å². The molecule has 0 aliphatic rings. The van der Waals surface area contributed by atoms with Crippen LogP contribution in [0.1, 0.15) is 27.0 Å². The van der Waals surface area contributed by atoms with E-state index in [1.807, 2.05) is 12.3 Å². The molecule has 34 heavy (non-hydrogen) atoms. The van der Waals surface area contributed by atoms with Gasteiger partial charge in [-0.25, -0.2) is 14.8 Å². The van der Waals surface area contributed by atoms with E-state index in [4.69, 9.17) is 14.2 Å². The van der Waals surface area contributed by atoms with Crippen LogP contribution in [0, 0.1) is 18.8 Å². The number of fused-ring (bicyclic) bond motifs is 1. The molecule has 0 saturated heterocycles. The number of carboxylic acids is 1. The zero-order chi connectivity index (χ0) is 24.2. The zero-order valence-electron chi connectivity index (χ0n) is 18.9. The number of rotatable bonds is 6. The van der Waals surface area contributed by atoms with Crippen LogP contribution in [0.2, 0.25) is 0 Å². The minimum atomic E-state index is -0.987. The van der Waals surface area contributed by atoms with Gasteiger partial charge in [0.25, 0.3) is 0 Å². The summed E-state index contributed by atoms with van der Waals surface area (Å²) in [4.78, 5) is 20.1. The molecule has 0 amide bonds. The molecule has 0 aliphatic carbocycles. The van der Waals surface area contributed by atoms with Gasteiger partial charge < -0.3 is 24.6 Å². The molecule has 2 heterocycles. The first kappa shape index (κ1) is 22.9. The van der Waals surface area contributed by atoms with Crippen LogP contribution in [0.4, 0.5) is 11.5 Å². The number of carboxylic acid groups (broad SMARTS) is 1. The van der Waals surface area contributed by atoms with Gasteiger partial charge in [0, 0.05) is 28.8 Å². The first-order valence-electron chi connectivity index (χ1n) is 10.1. The zero-order valence-corrected chi connectivity index (χ0v) is 19.7. The van der Waals surface area contributed by atoms with E-state index in [2.05, 4.69) is 27.1 Å². The van der Waals surface area contributed by atoms with Crippen molar-refractivity contribution in [1.82, 2.24) is 9.97 Å². The molecule has 0 radical (unpaired) electrons. The fourth-order valence-electron chi connectivity index (χ4n) is 3.34. The average Bonchev–Trinajstić information content (AvgIpc) is 3.26. The molecule has 0 aliphatic heterocycles. The van der Waals surface area contributed by atoms with Crippen molar-refractivity contribution in [3.63, 3.8) is 0 Å². The number of anilines is 2. The minimum absolute atomic E-state index is 0.198. The van der Waals surface area contributed by atoms with E-state index in [0.29, 0.717) is 39.8 Å². The Morgan fingerprint density at radius 1 is 1.00 bits per heavy atom. The molecule has 9 heteroatoms. The van der Waals surface area contributed by atoms with Gasteiger partial charge in [-0.3, -0.25) is 0 Å². The smallest absolute Gasteiger partial charge is 0.335 e. The quantitative estimate of drug-likeness (QED) is 0.381. The number of hydrogen-bond acceptors (Lipinski definition) is 8. The monoisotopic (exact) mass is 475 g/mol. The molecular formula is C25H21N3O5S. The van der Waals surface area contributed by atoms with Gasteiger partial charge in [0.1, 0.15) is 11.8 Å². The lowest BCUT2D eigenvalue weighted by atomic mass is 10.1. The molecule has 2 aromatic heterocycles. The lowest BCUT2D eigenvalue weighted by Gasteiger charge is -2.15. The standard InChI is InChI=1S/C25H21N3O5S/c1-14-5-6-16(25(29)30)9-15(14)7-8-17-12-34-23-21(17)26-13-27-24(23)28-18-10-19(31-2)22(33-4)20(11-18)32-3/h5-6,9-13H,1-4H3,(H,29,30)(H,26,27,28). The molecule has 0 spiro atoms. The molecule has 4 aromatic rings. The highest BCUT2D eigenvalue weighted by Gasteiger charge is 2.15. The van der Waals surface area contributed by atoms with Crippen molar-refractivity contribution >= 4 is 39.0 Å². The van der Waals surface area contributed by atoms with Crippen LogP contribution in [0.5, 0.6) is 17.2 Å². The van der Waals surface area contributed by atoms with E-state index in [9.17, 15) is 9.90 Å². The van der Waals surface area contributed by atoms with Gasteiger partial charge >= 0.3 is 5.97 Å². The number of nitrogens with one attached hydrogen (secondary N) is 1. The first-order chi connectivity index (χ1) is 16.4. The normalized spacial score (nSPS) is 10.4. The Balaban J connectivity index is 1.70. The molecule has 4 rings (SSSR count). The van der Waals surface area contributed by atoms with E-state index in [1.165, 1.54) is 17.7 Å². The van der Waals surface area contributed by atoms with Gasteiger partial charge in [0.2, 0.25) is 5.75 Å². The van der Waals surface area contributed by atoms with E-state index < -0.39 is 5.97 Å². The number of aryl methyl sites for hydroxylation is 1. The predicted octanol–water partition coefficient (Wildman–Crippen LogP) is 4.87. The SMILES string of the molecule is COc1cc(Nc2ncnc3c(C#Cc4cc(C(=O)O)ccc4C)csc23)cc(OC)c1OC. The van der Waals surface area contributed by atoms with Crippen LogP contribution in [-0.2, 0) is 0 Å². The largest absolute Gasteiger partial charge is 0.493 e. The number of benzene rings is 2. The molecule has 2 aromatic carbocycles. The van der Waals surface area contributed by atoms with Crippen molar-refractivity contribution in [3.8, 4) is 29.1 Å². The predicted molar refractivity (Wildman–Crippen MR) is 131 cm³/mol. The summed E-state index contributed by atoms with van der Waals surface area (Å²) in [6.45, 7) is 1.89. The summed E-state index contributed by atoms with van der Waals surface area (Å²) in [5, 5.41) is 14.4. The summed E-state index contributed by atoms with van der Waals surface area (Å²) in [7, 11) is 4.67. The summed E-state index contributed by atoms with van der Waals surface area (Å²) in [5.41, 5.74) is 3.89. The number of carbonyl (C=O) groups is 1. The Labute approximate surface area is 200 Å². The Morgan fingerprint density at radius 3 is 2.35 bits per heavy atom. The highest BCUT2D eigenvalue weighted by molar-refractivity contribution is 7.18. The maximum absolute atomic E-state index is 11.3. The van der Waals surface area contributed by atoms with Crippen molar-refractivity contribution in [2.75, 3.05) is 26.6 Å². The Bertz CT molecular complexity index is 1430. The Kier molecular flexibility index (Phi) is 6.52. The average molecular weight is 476 g/mol. The Hall–Kier alpha value is -4.29. The fraction of sp³-hybridized carbons (Fsp3) is 0.160. The van der Waals surface area contributed by atoms with Crippen LogP contribution >= 0.6 is 11.3 Å². The van der Waals surface area contributed by atoms with Gasteiger partial charge in [-0.2, -0.15) is 0 Å². The number of hydrogen-bond donors (Lipinski definition) is 2.